The standard InChI is InChI=1S/C16H24N2OS/c1-3-20-11-9-18-8-6-15-12-14(4-5-16(15)18)13-17-7-10-19-2/h4-6,8,12,17H,3,7,9-11,13H2,1-2H3. The van der Waals surface area contributed by atoms with Crippen LogP contribution in [0.5, 0.6) is 0 Å². The molecule has 0 amide bonds. The Hall–Kier alpha value is -0.970. The fraction of sp³-hybridized carbons (Fsp3) is 0.500. The Morgan fingerprint density at radius 3 is 3.00 bits per heavy atom. The molecule has 1 N–H and O–H groups in total. The van der Waals surface area contributed by atoms with Gasteiger partial charge in [0.15, 0.2) is 0 Å². The highest BCUT2D eigenvalue weighted by molar-refractivity contribution is 7.99. The molecule has 110 valence electrons. The molecule has 0 spiro atoms. The Bertz CT molecular complexity index is 524. The van der Waals surface area contributed by atoms with Crippen LogP contribution in [0.25, 0.3) is 10.9 Å². The monoisotopic (exact) mass is 292 g/mol. The average molecular weight is 292 g/mol. The Morgan fingerprint density at radius 2 is 2.20 bits per heavy atom. The Kier molecular flexibility index (Phi) is 6.43. The highest BCUT2D eigenvalue weighted by Crippen LogP contribution is 2.18. The van der Waals surface area contributed by atoms with E-state index in [0.717, 1.165) is 26.2 Å². The van der Waals surface area contributed by atoms with Gasteiger partial charge in [0.1, 0.15) is 0 Å². The van der Waals surface area contributed by atoms with Gasteiger partial charge < -0.3 is 14.6 Å². The molecular weight excluding hydrogens is 268 g/mol. The van der Waals surface area contributed by atoms with E-state index < -0.39 is 0 Å². The van der Waals surface area contributed by atoms with Gasteiger partial charge in [-0.05, 0) is 34.9 Å². The van der Waals surface area contributed by atoms with Crippen molar-refractivity contribution < 1.29 is 4.74 Å². The summed E-state index contributed by atoms with van der Waals surface area (Å²) >= 11 is 1.99. The number of ether oxygens (including phenoxy) is 1. The zero-order chi connectivity index (χ0) is 14.2. The number of nitrogens with zero attached hydrogens (tertiary/aromatic N) is 1. The molecule has 1 aromatic carbocycles. The van der Waals surface area contributed by atoms with E-state index in [9.17, 15) is 0 Å². The number of methoxy groups -OCH3 is 1. The lowest BCUT2D eigenvalue weighted by molar-refractivity contribution is 0.199. The summed E-state index contributed by atoms with van der Waals surface area (Å²) in [5.41, 5.74) is 2.66. The third-order valence-electron chi connectivity index (χ3n) is 3.33. The number of hydrogen-bond donors (Lipinski definition) is 1. The first-order valence-corrected chi connectivity index (χ1v) is 8.35. The van der Waals surface area contributed by atoms with Crippen molar-refractivity contribution in [2.24, 2.45) is 0 Å². The number of nitrogens with one attached hydrogen (secondary N) is 1. The topological polar surface area (TPSA) is 26.2 Å². The van der Waals surface area contributed by atoms with E-state index in [-0.39, 0.29) is 0 Å². The lowest BCUT2D eigenvalue weighted by atomic mass is 10.1. The summed E-state index contributed by atoms with van der Waals surface area (Å²) in [6.07, 6.45) is 2.20. The first-order chi connectivity index (χ1) is 9.85. The maximum Gasteiger partial charge on any atom is 0.0587 e. The largest absolute Gasteiger partial charge is 0.383 e. The number of rotatable bonds is 9. The molecule has 20 heavy (non-hydrogen) atoms. The van der Waals surface area contributed by atoms with Crippen LogP contribution < -0.4 is 5.32 Å². The quantitative estimate of drug-likeness (QED) is 0.719. The van der Waals surface area contributed by atoms with Crippen LogP contribution in [0.15, 0.2) is 30.5 Å². The van der Waals surface area contributed by atoms with Crippen molar-refractivity contribution in [3.63, 3.8) is 0 Å². The molecule has 3 nitrogen and oxygen atoms in total. The predicted octanol–water partition coefficient (Wildman–Crippen LogP) is 3.13. The summed E-state index contributed by atoms with van der Waals surface area (Å²) in [5, 5.41) is 4.71. The molecule has 0 bridgehead atoms. The summed E-state index contributed by atoms with van der Waals surface area (Å²) < 4.78 is 7.38. The number of aryl methyl sites for hydroxylation is 1. The fourth-order valence-corrected chi connectivity index (χ4v) is 2.88. The van der Waals surface area contributed by atoms with Crippen LogP contribution in [-0.2, 0) is 17.8 Å². The van der Waals surface area contributed by atoms with Crippen molar-refractivity contribution in [2.45, 2.75) is 20.0 Å². The summed E-state index contributed by atoms with van der Waals surface area (Å²) in [4.78, 5) is 0. The second-order valence-electron chi connectivity index (χ2n) is 4.77. The van der Waals surface area contributed by atoms with Crippen molar-refractivity contribution in [2.75, 3.05) is 31.8 Å². The van der Waals surface area contributed by atoms with Crippen LogP contribution in [0.3, 0.4) is 0 Å². The van der Waals surface area contributed by atoms with E-state index in [0.29, 0.717) is 0 Å². The van der Waals surface area contributed by atoms with E-state index >= 15 is 0 Å². The Balaban J connectivity index is 1.96. The van der Waals surface area contributed by atoms with Crippen LogP contribution in [0.1, 0.15) is 12.5 Å². The summed E-state index contributed by atoms with van der Waals surface area (Å²) in [5.74, 6) is 2.37. The zero-order valence-electron chi connectivity index (χ0n) is 12.4. The van der Waals surface area contributed by atoms with Gasteiger partial charge in [0.05, 0.1) is 6.61 Å². The summed E-state index contributed by atoms with van der Waals surface area (Å²) in [7, 11) is 1.73. The zero-order valence-corrected chi connectivity index (χ0v) is 13.2. The summed E-state index contributed by atoms with van der Waals surface area (Å²) in [6, 6.07) is 8.94. The van der Waals surface area contributed by atoms with Gasteiger partial charge in [0.2, 0.25) is 0 Å². The molecule has 0 unspecified atom stereocenters. The molecule has 0 saturated carbocycles. The number of aromatic nitrogens is 1. The van der Waals surface area contributed by atoms with Gasteiger partial charge in [-0.1, -0.05) is 13.0 Å². The van der Waals surface area contributed by atoms with Crippen molar-refractivity contribution in [3.8, 4) is 0 Å². The first-order valence-electron chi connectivity index (χ1n) is 7.20. The van der Waals surface area contributed by atoms with Crippen LogP contribution >= 0.6 is 11.8 Å². The third-order valence-corrected chi connectivity index (χ3v) is 4.21. The number of hydrogen-bond acceptors (Lipinski definition) is 3. The van der Waals surface area contributed by atoms with Crippen molar-refractivity contribution >= 4 is 22.7 Å². The SMILES string of the molecule is CCSCCn1ccc2cc(CNCCOC)ccc21. The van der Waals surface area contributed by atoms with Gasteiger partial charge in [-0.2, -0.15) is 11.8 Å². The van der Waals surface area contributed by atoms with Crippen molar-refractivity contribution in [3.05, 3.63) is 36.0 Å². The highest BCUT2D eigenvalue weighted by Gasteiger charge is 2.02. The molecule has 4 heteroatoms. The molecule has 1 heterocycles. The van der Waals surface area contributed by atoms with Gasteiger partial charge in [0.25, 0.3) is 0 Å². The van der Waals surface area contributed by atoms with E-state index in [1.54, 1.807) is 7.11 Å². The smallest absolute Gasteiger partial charge is 0.0587 e. The van der Waals surface area contributed by atoms with Crippen LogP contribution in [0.2, 0.25) is 0 Å². The number of benzene rings is 1. The Morgan fingerprint density at radius 1 is 1.30 bits per heavy atom. The van der Waals surface area contributed by atoms with Crippen LogP contribution in [-0.4, -0.2) is 36.3 Å². The van der Waals surface area contributed by atoms with Crippen LogP contribution in [0, 0.1) is 0 Å². The predicted molar refractivity (Wildman–Crippen MR) is 88.5 cm³/mol. The van der Waals surface area contributed by atoms with Gasteiger partial charge in [-0.15, -0.1) is 0 Å². The van der Waals surface area contributed by atoms with Crippen molar-refractivity contribution in [1.82, 2.24) is 9.88 Å². The molecule has 0 saturated heterocycles. The van der Waals surface area contributed by atoms with Gasteiger partial charge >= 0.3 is 0 Å². The lowest BCUT2D eigenvalue weighted by Crippen LogP contribution is -2.18. The second kappa shape index (κ2) is 8.35. The van der Waals surface area contributed by atoms with Gasteiger partial charge in [-0.25, -0.2) is 0 Å². The lowest BCUT2D eigenvalue weighted by Gasteiger charge is -2.07. The number of thioether (sulfide) groups is 1. The normalized spacial score (nSPS) is 11.3. The molecule has 0 atom stereocenters. The third kappa shape index (κ3) is 4.27. The van der Waals surface area contributed by atoms with Crippen LogP contribution in [0.4, 0.5) is 0 Å². The molecule has 1 aromatic heterocycles. The molecule has 0 fully saturated rings. The van der Waals surface area contributed by atoms with E-state index in [4.69, 9.17) is 4.74 Å². The minimum atomic E-state index is 0.758. The molecule has 0 aliphatic carbocycles. The fourth-order valence-electron chi connectivity index (χ4n) is 2.27. The highest BCUT2D eigenvalue weighted by atomic mass is 32.2. The Labute approximate surface area is 125 Å². The molecule has 0 aliphatic heterocycles. The van der Waals surface area contributed by atoms with E-state index in [2.05, 4.69) is 47.3 Å². The van der Waals surface area contributed by atoms with Crippen molar-refractivity contribution in [1.29, 1.82) is 0 Å². The molecule has 0 aliphatic rings. The van der Waals surface area contributed by atoms with Gasteiger partial charge in [0, 0.05) is 44.2 Å². The molecule has 0 radical (unpaired) electrons. The molecule has 2 aromatic rings. The molecule has 2 rings (SSSR count). The van der Waals surface area contributed by atoms with E-state index in [1.165, 1.54) is 28.0 Å². The number of fused-ring (bicyclic) bond motifs is 1. The average Bonchev–Trinajstić information content (AvgIpc) is 2.87. The minimum Gasteiger partial charge on any atom is -0.383 e. The second-order valence-corrected chi connectivity index (χ2v) is 6.16. The maximum absolute atomic E-state index is 5.03. The minimum absolute atomic E-state index is 0.758. The van der Waals surface area contributed by atoms with Gasteiger partial charge in [-0.3, -0.25) is 0 Å². The summed E-state index contributed by atoms with van der Waals surface area (Å²) in [6.45, 7) is 5.85. The maximum atomic E-state index is 5.03. The molecular formula is C16H24N2OS. The van der Waals surface area contributed by atoms with E-state index in [1.807, 2.05) is 11.8 Å². The first kappa shape index (κ1) is 15.4.